The van der Waals surface area contributed by atoms with Crippen molar-refractivity contribution in [3.63, 3.8) is 0 Å². The maximum Gasteiger partial charge on any atom is 0.410 e. The standard InChI is InChI=1S/C32H34F3N7O4S/c1-17-9-18(11-20(33)10-17)13-36-27-29(44)42-23(26(38-27)22-7-8-41(39-22)30(34)35)5-6-24(42)28(43)37-14-21-12-19-15-40(16-25(19)47-21)31(45)46-32(2,3)4/h7-12,24,30H,5-6,13-16H2,1-4H3,(H,36,38)(H,37,43). The minimum Gasteiger partial charge on any atom is -0.444 e. The Bertz CT molecular complexity index is 1870. The van der Waals surface area contributed by atoms with Gasteiger partial charge in [-0.1, -0.05) is 6.07 Å². The summed E-state index contributed by atoms with van der Waals surface area (Å²) < 4.78 is 48.0. The van der Waals surface area contributed by atoms with Crippen molar-refractivity contribution in [2.45, 2.75) is 84.9 Å². The second-order valence-electron chi connectivity index (χ2n) is 12.6. The van der Waals surface area contributed by atoms with E-state index in [1.165, 1.54) is 34.1 Å². The Labute approximate surface area is 272 Å². The first kappa shape index (κ1) is 32.3. The number of halogens is 3. The quantitative estimate of drug-likeness (QED) is 0.248. The van der Waals surface area contributed by atoms with Crippen LogP contribution in [0.15, 0.2) is 41.3 Å². The molecule has 2 N–H and O–H groups in total. The number of anilines is 1. The number of thiophene rings is 1. The lowest BCUT2D eigenvalue weighted by Gasteiger charge is -2.24. The van der Waals surface area contributed by atoms with Gasteiger partial charge in [0.15, 0.2) is 5.82 Å². The molecular formula is C32H34F3N7O4S. The minimum atomic E-state index is -2.87. The van der Waals surface area contributed by atoms with Crippen LogP contribution in [-0.4, -0.2) is 41.8 Å². The van der Waals surface area contributed by atoms with Crippen LogP contribution in [0.4, 0.5) is 23.8 Å². The summed E-state index contributed by atoms with van der Waals surface area (Å²) in [6.45, 7) is 5.47. The van der Waals surface area contributed by atoms with Crippen molar-refractivity contribution in [2.24, 2.45) is 0 Å². The number of benzene rings is 1. The average molecular weight is 670 g/mol. The van der Waals surface area contributed by atoms with E-state index in [-0.39, 0.29) is 42.3 Å². The van der Waals surface area contributed by atoms with Gasteiger partial charge in [-0.3, -0.25) is 19.1 Å². The zero-order chi connectivity index (χ0) is 33.6. The molecule has 15 heteroatoms. The summed E-state index contributed by atoms with van der Waals surface area (Å²) >= 11 is 1.50. The van der Waals surface area contributed by atoms with Crippen LogP contribution in [0.1, 0.15) is 71.9 Å². The SMILES string of the molecule is Cc1cc(F)cc(CNc2nc(-c3ccn(C(F)F)n3)c3n(c2=O)C(C(=O)NCc2cc4c(s2)CN(C(=O)OC(C)(C)C)C4)CC3)c1. The first-order valence-electron chi connectivity index (χ1n) is 15.1. The van der Waals surface area contributed by atoms with Gasteiger partial charge in [-0.15, -0.1) is 11.3 Å². The maximum absolute atomic E-state index is 14.0. The molecule has 0 spiro atoms. The highest BCUT2D eigenvalue weighted by atomic mass is 32.1. The number of alkyl halides is 2. The van der Waals surface area contributed by atoms with Crippen LogP contribution in [0.25, 0.3) is 11.4 Å². The summed E-state index contributed by atoms with van der Waals surface area (Å²) in [4.78, 5) is 47.8. The van der Waals surface area contributed by atoms with Crippen LogP contribution in [-0.2, 0) is 42.1 Å². The number of hydrogen-bond donors (Lipinski definition) is 2. The molecule has 1 aromatic carbocycles. The second-order valence-corrected chi connectivity index (χ2v) is 13.9. The summed E-state index contributed by atoms with van der Waals surface area (Å²) in [7, 11) is 0. The van der Waals surface area contributed by atoms with Crippen molar-refractivity contribution in [2.75, 3.05) is 5.32 Å². The van der Waals surface area contributed by atoms with E-state index in [1.54, 1.807) is 17.9 Å². The molecule has 0 fully saturated rings. The highest BCUT2D eigenvalue weighted by molar-refractivity contribution is 7.12. The third-order valence-corrected chi connectivity index (χ3v) is 8.98. The Morgan fingerprint density at radius 2 is 1.94 bits per heavy atom. The minimum absolute atomic E-state index is 0.0658. The molecule has 0 bridgehead atoms. The van der Waals surface area contributed by atoms with Gasteiger partial charge in [0.25, 0.3) is 5.56 Å². The number of aryl methyl sites for hydroxylation is 1. The number of amides is 2. The number of hydrogen-bond acceptors (Lipinski definition) is 8. The van der Waals surface area contributed by atoms with Crippen LogP contribution < -0.4 is 16.2 Å². The molecule has 2 amide bonds. The number of carbonyl (C=O) groups excluding carboxylic acids is 2. The number of fused-ring (bicyclic) bond motifs is 2. The van der Waals surface area contributed by atoms with E-state index in [0.717, 1.165) is 21.5 Å². The van der Waals surface area contributed by atoms with E-state index in [1.807, 2.05) is 26.8 Å². The lowest BCUT2D eigenvalue weighted by atomic mass is 10.1. The van der Waals surface area contributed by atoms with E-state index in [4.69, 9.17) is 4.74 Å². The van der Waals surface area contributed by atoms with Gasteiger partial charge in [0.05, 0.1) is 25.3 Å². The fourth-order valence-corrected chi connectivity index (χ4v) is 6.99. The average Bonchev–Trinajstić information content (AvgIpc) is 3.77. The van der Waals surface area contributed by atoms with Gasteiger partial charge in [-0.2, -0.15) is 13.9 Å². The zero-order valence-corrected chi connectivity index (χ0v) is 27.1. The molecule has 1 unspecified atom stereocenters. The molecule has 0 saturated heterocycles. The molecule has 4 aromatic rings. The molecule has 5 heterocycles. The van der Waals surface area contributed by atoms with Gasteiger partial charge in [0.2, 0.25) is 5.91 Å². The van der Waals surface area contributed by atoms with Gasteiger partial charge < -0.3 is 15.4 Å². The third kappa shape index (κ3) is 6.89. The lowest BCUT2D eigenvalue weighted by molar-refractivity contribution is -0.124. The zero-order valence-electron chi connectivity index (χ0n) is 26.3. The number of nitrogens with one attached hydrogen (secondary N) is 2. The van der Waals surface area contributed by atoms with Crippen LogP contribution in [0.3, 0.4) is 0 Å². The van der Waals surface area contributed by atoms with Crippen molar-refractivity contribution < 1.29 is 27.5 Å². The van der Waals surface area contributed by atoms with Crippen molar-refractivity contribution >= 4 is 29.2 Å². The molecule has 11 nitrogen and oxygen atoms in total. The topological polar surface area (TPSA) is 123 Å². The number of nitrogens with zero attached hydrogens (tertiary/aromatic N) is 5. The molecule has 47 heavy (non-hydrogen) atoms. The van der Waals surface area contributed by atoms with Crippen LogP contribution in [0.2, 0.25) is 0 Å². The smallest absolute Gasteiger partial charge is 0.410 e. The molecule has 2 aliphatic heterocycles. The number of carbonyl (C=O) groups is 2. The normalized spacial score (nSPS) is 15.6. The van der Waals surface area contributed by atoms with Crippen molar-refractivity contribution in [1.29, 1.82) is 0 Å². The summed E-state index contributed by atoms with van der Waals surface area (Å²) in [6, 6.07) is 6.95. The highest BCUT2D eigenvalue weighted by Crippen LogP contribution is 2.34. The molecule has 0 radical (unpaired) electrons. The van der Waals surface area contributed by atoms with Crippen molar-refractivity contribution in [3.05, 3.63) is 84.8 Å². The first-order valence-corrected chi connectivity index (χ1v) is 15.9. The number of aromatic nitrogens is 4. The van der Waals surface area contributed by atoms with Gasteiger partial charge in [-0.25, -0.2) is 18.9 Å². The Balaban J connectivity index is 1.21. The van der Waals surface area contributed by atoms with E-state index in [9.17, 15) is 27.6 Å². The molecule has 3 aromatic heterocycles. The molecular weight excluding hydrogens is 635 g/mol. The van der Waals surface area contributed by atoms with Gasteiger partial charge in [0, 0.05) is 22.5 Å². The first-order chi connectivity index (χ1) is 22.3. The van der Waals surface area contributed by atoms with Crippen molar-refractivity contribution in [1.82, 2.24) is 29.5 Å². The van der Waals surface area contributed by atoms with Gasteiger partial charge >= 0.3 is 12.6 Å². The predicted octanol–water partition coefficient (Wildman–Crippen LogP) is 5.68. The molecule has 0 aliphatic carbocycles. The molecule has 6 rings (SSSR count). The van der Waals surface area contributed by atoms with Crippen LogP contribution >= 0.6 is 11.3 Å². The molecule has 0 saturated carbocycles. The van der Waals surface area contributed by atoms with E-state index >= 15 is 0 Å². The monoisotopic (exact) mass is 669 g/mol. The predicted molar refractivity (Wildman–Crippen MR) is 168 cm³/mol. The summed E-state index contributed by atoms with van der Waals surface area (Å²) in [5.74, 6) is -0.912. The third-order valence-electron chi connectivity index (χ3n) is 7.82. The largest absolute Gasteiger partial charge is 0.444 e. The summed E-state index contributed by atoms with van der Waals surface area (Å²) in [6.07, 6.45) is 1.34. The maximum atomic E-state index is 14.0. The van der Waals surface area contributed by atoms with Crippen LogP contribution in [0, 0.1) is 12.7 Å². The summed E-state index contributed by atoms with van der Waals surface area (Å²) in [5.41, 5.74) is 1.88. The number of ether oxygens (including phenoxy) is 1. The highest BCUT2D eigenvalue weighted by Gasteiger charge is 2.35. The molecule has 248 valence electrons. The Morgan fingerprint density at radius 3 is 2.62 bits per heavy atom. The lowest BCUT2D eigenvalue weighted by Crippen LogP contribution is -2.36. The number of rotatable bonds is 8. The second kappa shape index (κ2) is 12.5. The Kier molecular flexibility index (Phi) is 8.59. The Morgan fingerprint density at radius 1 is 1.15 bits per heavy atom. The summed E-state index contributed by atoms with van der Waals surface area (Å²) in [5, 5.41) is 9.84. The Hall–Kier alpha value is -4.66. The van der Waals surface area contributed by atoms with Crippen LogP contribution in [0.5, 0.6) is 0 Å². The van der Waals surface area contributed by atoms with Gasteiger partial charge in [0.1, 0.15) is 28.8 Å². The van der Waals surface area contributed by atoms with E-state index in [0.29, 0.717) is 47.4 Å². The fraction of sp³-hybridized carbons (Fsp3) is 0.406. The fourth-order valence-electron chi connectivity index (χ4n) is 5.85. The van der Waals surface area contributed by atoms with Crippen molar-refractivity contribution in [3.8, 4) is 11.4 Å². The van der Waals surface area contributed by atoms with Gasteiger partial charge in [-0.05, 0) is 81.5 Å². The molecule has 2 aliphatic rings. The van der Waals surface area contributed by atoms with E-state index < -0.39 is 29.6 Å². The van der Waals surface area contributed by atoms with E-state index in [2.05, 4.69) is 20.7 Å². The molecule has 1 atom stereocenters.